The first-order valence-electron chi connectivity index (χ1n) is 6.49. The summed E-state index contributed by atoms with van der Waals surface area (Å²) in [5, 5.41) is 15.6. The van der Waals surface area contributed by atoms with Crippen molar-refractivity contribution in [2.45, 2.75) is 6.04 Å². The van der Waals surface area contributed by atoms with Gasteiger partial charge in [-0.1, -0.05) is 30.9 Å². The minimum absolute atomic E-state index is 0.00144. The smallest absolute Gasteiger partial charge is 0.408 e. The zero-order valence-electron chi connectivity index (χ0n) is 11.7. The van der Waals surface area contributed by atoms with Crippen LogP contribution < -0.4 is 5.32 Å². The van der Waals surface area contributed by atoms with Crippen molar-refractivity contribution >= 4 is 12.1 Å². The number of hydrogen-bond acceptors (Lipinski definition) is 4. The topological polar surface area (TPSA) is 93.4 Å². The van der Waals surface area contributed by atoms with E-state index in [-0.39, 0.29) is 6.61 Å². The highest BCUT2D eigenvalue weighted by molar-refractivity contribution is 5.81. The Balaban J connectivity index is 2.16. The van der Waals surface area contributed by atoms with E-state index in [1.165, 1.54) is 17.0 Å². The van der Waals surface area contributed by atoms with Crippen LogP contribution in [0.3, 0.4) is 0 Å². The summed E-state index contributed by atoms with van der Waals surface area (Å²) >= 11 is 0. The molecule has 2 N–H and O–H groups in total. The van der Waals surface area contributed by atoms with E-state index in [2.05, 4.69) is 17.0 Å². The largest absolute Gasteiger partial charge is 0.479 e. The minimum atomic E-state index is -1.24. The molecule has 1 aromatic heterocycles. The van der Waals surface area contributed by atoms with Crippen LogP contribution in [0, 0.1) is 0 Å². The second kappa shape index (κ2) is 7.07. The van der Waals surface area contributed by atoms with Gasteiger partial charge in [-0.15, -0.1) is 0 Å². The molecule has 1 amide bonds. The molecule has 7 heteroatoms. The maximum absolute atomic E-state index is 11.5. The van der Waals surface area contributed by atoms with Crippen molar-refractivity contribution < 1.29 is 19.4 Å². The third-order valence-corrected chi connectivity index (χ3v) is 2.80. The number of nitrogens with zero attached hydrogens (tertiary/aromatic N) is 2. The Labute approximate surface area is 126 Å². The summed E-state index contributed by atoms with van der Waals surface area (Å²) in [4.78, 5) is 22.8. The van der Waals surface area contributed by atoms with Crippen molar-refractivity contribution in [2.24, 2.45) is 0 Å². The van der Waals surface area contributed by atoms with Crippen LogP contribution in [0.15, 0.2) is 55.4 Å². The molecule has 7 nitrogen and oxygen atoms in total. The highest BCUT2D eigenvalue weighted by Gasteiger charge is 2.24. The number of para-hydroxylation sites is 1. The Morgan fingerprint density at radius 2 is 2.14 bits per heavy atom. The van der Waals surface area contributed by atoms with Crippen molar-refractivity contribution in [3.05, 3.63) is 60.9 Å². The average Bonchev–Trinajstić information content (AvgIpc) is 3.00. The van der Waals surface area contributed by atoms with Crippen molar-refractivity contribution in [2.75, 3.05) is 6.61 Å². The van der Waals surface area contributed by atoms with Crippen LogP contribution in [0.4, 0.5) is 4.79 Å². The number of carbonyl (C=O) groups excluding carboxylic acids is 1. The lowest BCUT2D eigenvalue weighted by Crippen LogP contribution is -2.34. The number of carbonyl (C=O) groups is 2. The fraction of sp³-hybridized carbons (Fsp3) is 0.133. The molecule has 0 aliphatic rings. The quantitative estimate of drug-likeness (QED) is 0.795. The summed E-state index contributed by atoms with van der Waals surface area (Å²) < 4.78 is 6.26. The fourth-order valence-electron chi connectivity index (χ4n) is 1.79. The number of nitrogens with one attached hydrogen (secondary N) is 1. The van der Waals surface area contributed by atoms with Gasteiger partial charge in [0, 0.05) is 11.8 Å². The van der Waals surface area contributed by atoms with Gasteiger partial charge in [0.15, 0.2) is 6.04 Å². The molecule has 0 radical (unpaired) electrons. The summed E-state index contributed by atoms with van der Waals surface area (Å²) in [6.45, 7) is 3.41. The van der Waals surface area contributed by atoms with Gasteiger partial charge < -0.3 is 15.2 Å². The van der Waals surface area contributed by atoms with Crippen LogP contribution in [-0.2, 0) is 9.53 Å². The molecule has 1 aromatic carbocycles. The molecule has 22 heavy (non-hydrogen) atoms. The summed E-state index contributed by atoms with van der Waals surface area (Å²) in [7, 11) is 0. The van der Waals surface area contributed by atoms with E-state index >= 15 is 0 Å². The standard InChI is InChI=1S/C15H15N3O4/c1-2-8-22-15(21)17-13(14(19)20)11-9-16-18(10-11)12-6-4-3-5-7-12/h2-7,9-10,13H,1,8H2,(H,17,21)(H,19,20). The average molecular weight is 301 g/mol. The van der Waals surface area contributed by atoms with Gasteiger partial charge in [-0.05, 0) is 12.1 Å². The first kappa shape index (κ1) is 15.3. The molecule has 2 aromatic rings. The van der Waals surface area contributed by atoms with Gasteiger partial charge in [0.05, 0.1) is 11.9 Å². The zero-order valence-corrected chi connectivity index (χ0v) is 11.7. The third kappa shape index (κ3) is 3.72. The molecule has 0 saturated heterocycles. The Morgan fingerprint density at radius 3 is 2.77 bits per heavy atom. The number of carboxylic acid groups (broad SMARTS) is 1. The lowest BCUT2D eigenvalue weighted by atomic mass is 10.1. The molecule has 0 aliphatic carbocycles. The van der Waals surface area contributed by atoms with E-state index in [1.54, 1.807) is 6.20 Å². The molecule has 0 aliphatic heterocycles. The lowest BCUT2D eigenvalue weighted by molar-refractivity contribution is -0.139. The Hall–Kier alpha value is -3.09. The van der Waals surface area contributed by atoms with Crippen LogP contribution in [0.1, 0.15) is 11.6 Å². The second-order valence-electron chi connectivity index (χ2n) is 4.36. The molecule has 1 atom stereocenters. The second-order valence-corrected chi connectivity index (χ2v) is 4.36. The molecule has 0 fully saturated rings. The molecule has 1 unspecified atom stereocenters. The maximum atomic E-state index is 11.5. The molecule has 1 heterocycles. The predicted molar refractivity (Wildman–Crippen MR) is 78.6 cm³/mol. The summed E-state index contributed by atoms with van der Waals surface area (Å²) in [6.07, 6.45) is 3.49. The monoisotopic (exact) mass is 301 g/mol. The van der Waals surface area contributed by atoms with Crippen LogP contribution in [0.25, 0.3) is 5.69 Å². The number of amides is 1. The van der Waals surface area contributed by atoms with E-state index in [4.69, 9.17) is 4.74 Å². The SMILES string of the molecule is C=CCOC(=O)NC(C(=O)O)c1cnn(-c2ccccc2)c1. The van der Waals surface area contributed by atoms with Gasteiger partial charge in [0.2, 0.25) is 0 Å². The van der Waals surface area contributed by atoms with Crippen LogP contribution in [-0.4, -0.2) is 33.6 Å². The van der Waals surface area contributed by atoms with Gasteiger partial charge in [0.25, 0.3) is 0 Å². The minimum Gasteiger partial charge on any atom is -0.479 e. The van der Waals surface area contributed by atoms with Gasteiger partial charge in [0.1, 0.15) is 6.61 Å². The summed E-state index contributed by atoms with van der Waals surface area (Å²) in [5.41, 5.74) is 1.12. The highest BCUT2D eigenvalue weighted by atomic mass is 16.5. The number of alkyl carbamates (subject to hydrolysis) is 1. The molecule has 0 saturated carbocycles. The zero-order chi connectivity index (χ0) is 15.9. The van der Waals surface area contributed by atoms with Crippen molar-refractivity contribution in [3.8, 4) is 5.69 Å². The van der Waals surface area contributed by atoms with Crippen molar-refractivity contribution in [3.63, 3.8) is 0 Å². The number of aliphatic carboxylic acids is 1. The molecule has 114 valence electrons. The number of rotatable bonds is 6. The van der Waals surface area contributed by atoms with Crippen molar-refractivity contribution in [1.82, 2.24) is 15.1 Å². The Bertz CT molecular complexity index is 666. The number of ether oxygens (including phenoxy) is 1. The van der Waals surface area contributed by atoms with Crippen LogP contribution in [0.2, 0.25) is 0 Å². The molecule has 0 spiro atoms. The first-order chi connectivity index (χ1) is 10.6. The molecule has 0 bridgehead atoms. The number of aromatic nitrogens is 2. The van der Waals surface area contributed by atoms with E-state index in [9.17, 15) is 14.7 Å². The van der Waals surface area contributed by atoms with Crippen LogP contribution in [0.5, 0.6) is 0 Å². The fourth-order valence-corrected chi connectivity index (χ4v) is 1.79. The molecule has 2 rings (SSSR count). The predicted octanol–water partition coefficient (Wildman–Crippen LogP) is 1.91. The highest BCUT2D eigenvalue weighted by Crippen LogP contribution is 2.15. The molecular weight excluding hydrogens is 286 g/mol. The van der Waals surface area contributed by atoms with E-state index in [0.717, 1.165) is 5.69 Å². The van der Waals surface area contributed by atoms with Gasteiger partial charge in [-0.3, -0.25) is 0 Å². The number of benzene rings is 1. The van der Waals surface area contributed by atoms with E-state index in [0.29, 0.717) is 5.56 Å². The van der Waals surface area contributed by atoms with E-state index in [1.807, 2.05) is 30.3 Å². The molecular formula is C15H15N3O4. The Morgan fingerprint density at radius 1 is 1.41 bits per heavy atom. The summed E-state index contributed by atoms with van der Waals surface area (Å²) in [6, 6.07) is 7.98. The summed E-state index contributed by atoms with van der Waals surface area (Å²) in [5.74, 6) is -1.21. The Kier molecular flexibility index (Phi) is 4.92. The van der Waals surface area contributed by atoms with Crippen molar-refractivity contribution in [1.29, 1.82) is 0 Å². The maximum Gasteiger partial charge on any atom is 0.408 e. The third-order valence-electron chi connectivity index (χ3n) is 2.80. The normalized spacial score (nSPS) is 11.5. The van der Waals surface area contributed by atoms with Gasteiger partial charge in [-0.2, -0.15) is 5.10 Å². The number of hydrogen-bond donors (Lipinski definition) is 2. The first-order valence-corrected chi connectivity index (χ1v) is 6.49. The van der Waals surface area contributed by atoms with Gasteiger partial charge in [-0.25, -0.2) is 14.3 Å². The van der Waals surface area contributed by atoms with Crippen LogP contribution >= 0.6 is 0 Å². The van der Waals surface area contributed by atoms with Gasteiger partial charge >= 0.3 is 12.1 Å². The van der Waals surface area contributed by atoms with E-state index < -0.39 is 18.1 Å². The number of carboxylic acids is 1. The lowest BCUT2D eigenvalue weighted by Gasteiger charge is -2.12.